The summed E-state index contributed by atoms with van der Waals surface area (Å²) in [5.74, 6) is -6.37. The van der Waals surface area contributed by atoms with E-state index in [-0.39, 0.29) is 9.25 Å². The Morgan fingerprint density at radius 3 is 2.23 bits per heavy atom. The Balaban J connectivity index is 2.16. The molecule has 1 heterocycles. The molecule has 0 spiro atoms. The molecule has 0 bridgehead atoms. The van der Waals surface area contributed by atoms with Gasteiger partial charge < -0.3 is 10.1 Å². The number of hydrogen-bond donors (Lipinski definition) is 1. The smallest absolute Gasteiger partial charge is 0.451 e. The molecular weight excluding hydrogens is 496 g/mol. The van der Waals surface area contributed by atoms with E-state index >= 15 is 0 Å². The quantitative estimate of drug-likeness (QED) is 0.515. The third-order valence-corrected chi connectivity index (χ3v) is 4.64. The number of nitrogens with zero attached hydrogens (tertiary/aromatic N) is 3. The van der Waals surface area contributed by atoms with E-state index in [2.05, 4.69) is 5.10 Å². The average molecular weight is 510 g/mol. The molecule has 0 aliphatic carbocycles. The van der Waals surface area contributed by atoms with Crippen molar-refractivity contribution >= 4 is 11.6 Å². The van der Waals surface area contributed by atoms with E-state index in [1.54, 1.807) is 0 Å². The molecule has 1 N–H and O–H groups in total. The standard InChI is InChI=1S/C20H14F8N4O3/c1-9(19(23,24)25)35-15-8-14(32-18(34)31(2)17(30-32)20(26,27)28)12(22)7-10(15)16(33)29-13-6-4-3-5-11(13)21/h3-9H,1-2H3,(H,29,33)/t9-/m0/s1. The summed E-state index contributed by atoms with van der Waals surface area (Å²) in [6, 6.07) is 5.45. The second-order valence-corrected chi connectivity index (χ2v) is 7.11. The van der Waals surface area contributed by atoms with E-state index in [1.807, 2.05) is 5.32 Å². The maximum Gasteiger partial charge on any atom is 0.451 e. The van der Waals surface area contributed by atoms with Gasteiger partial charge in [-0.05, 0) is 25.1 Å². The molecule has 0 saturated heterocycles. The molecule has 0 fully saturated rings. The van der Waals surface area contributed by atoms with E-state index in [0.29, 0.717) is 26.1 Å². The molecule has 15 heteroatoms. The lowest BCUT2D eigenvalue weighted by atomic mass is 10.1. The number of amides is 1. The highest BCUT2D eigenvalue weighted by Gasteiger charge is 2.40. The first-order chi connectivity index (χ1) is 16.1. The van der Waals surface area contributed by atoms with Crippen LogP contribution in [0.2, 0.25) is 0 Å². The minimum absolute atomic E-state index is 0.0399. The third-order valence-electron chi connectivity index (χ3n) is 4.64. The maximum atomic E-state index is 14.9. The summed E-state index contributed by atoms with van der Waals surface area (Å²) < 4.78 is 112. The fourth-order valence-electron chi connectivity index (χ4n) is 2.83. The average Bonchev–Trinajstić information content (AvgIpc) is 3.04. The van der Waals surface area contributed by atoms with E-state index in [4.69, 9.17) is 4.74 Å². The van der Waals surface area contributed by atoms with E-state index in [1.165, 1.54) is 12.1 Å². The van der Waals surface area contributed by atoms with Gasteiger partial charge in [-0.25, -0.2) is 13.6 Å². The number of aromatic nitrogens is 3. The highest BCUT2D eigenvalue weighted by Crippen LogP contribution is 2.32. The van der Waals surface area contributed by atoms with Crippen LogP contribution in [0.15, 0.2) is 41.2 Å². The van der Waals surface area contributed by atoms with Crippen LogP contribution in [0.1, 0.15) is 23.1 Å². The molecule has 0 unspecified atom stereocenters. The topological polar surface area (TPSA) is 78.2 Å². The first-order valence-corrected chi connectivity index (χ1v) is 9.47. The van der Waals surface area contributed by atoms with Crippen LogP contribution in [-0.4, -0.2) is 32.5 Å². The molecule has 0 aliphatic heterocycles. The zero-order chi connectivity index (χ0) is 26.3. The Hall–Kier alpha value is -3.91. The molecule has 1 amide bonds. The first-order valence-electron chi connectivity index (χ1n) is 9.47. The van der Waals surface area contributed by atoms with E-state index in [0.717, 1.165) is 12.1 Å². The van der Waals surface area contributed by atoms with Gasteiger partial charge >= 0.3 is 18.0 Å². The second-order valence-electron chi connectivity index (χ2n) is 7.11. The molecular formula is C20H14F8N4O3. The Bertz CT molecular complexity index is 1330. The number of hydrogen-bond acceptors (Lipinski definition) is 4. The normalized spacial score (nSPS) is 13.0. The number of anilines is 1. The molecule has 0 aliphatic rings. The molecule has 35 heavy (non-hydrogen) atoms. The van der Waals surface area contributed by atoms with Crippen LogP contribution in [0.4, 0.5) is 40.8 Å². The van der Waals surface area contributed by atoms with Gasteiger partial charge in [-0.2, -0.15) is 31.0 Å². The van der Waals surface area contributed by atoms with E-state index < -0.39 is 70.2 Å². The van der Waals surface area contributed by atoms with E-state index in [9.17, 15) is 44.7 Å². The van der Waals surface area contributed by atoms with Crippen molar-refractivity contribution < 1.29 is 44.7 Å². The zero-order valence-electron chi connectivity index (χ0n) is 17.6. The number of carbonyl (C=O) groups excluding carboxylic acids is 1. The fraction of sp³-hybridized carbons (Fsp3) is 0.250. The predicted octanol–water partition coefficient (Wildman–Crippen LogP) is 4.45. The van der Waals surface area contributed by atoms with Crippen LogP contribution in [0, 0.1) is 11.6 Å². The summed E-state index contributed by atoms with van der Waals surface area (Å²) >= 11 is 0. The Morgan fingerprint density at radius 2 is 1.69 bits per heavy atom. The first kappa shape index (κ1) is 25.7. The number of alkyl halides is 6. The summed E-state index contributed by atoms with van der Waals surface area (Å²) in [5, 5.41) is 5.04. The summed E-state index contributed by atoms with van der Waals surface area (Å²) in [7, 11) is 0.700. The number of halogens is 8. The lowest BCUT2D eigenvalue weighted by molar-refractivity contribution is -0.189. The molecule has 1 atom stereocenters. The monoisotopic (exact) mass is 510 g/mol. The summed E-state index contributed by atoms with van der Waals surface area (Å²) in [6.07, 6.45) is -12.6. The number of para-hydroxylation sites is 1. The van der Waals surface area contributed by atoms with Crippen molar-refractivity contribution in [1.82, 2.24) is 14.3 Å². The molecule has 0 saturated carbocycles. The van der Waals surface area contributed by atoms with Crippen LogP contribution < -0.4 is 15.7 Å². The fourth-order valence-corrected chi connectivity index (χ4v) is 2.83. The molecule has 0 radical (unpaired) electrons. The van der Waals surface area contributed by atoms with Gasteiger partial charge in [0, 0.05) is 13.1 Å². The van der Waals surface area contributed by atoms with Gasteiger partial charge in [0.25, 0.3) is 5.91 Å². The second kappa shape index (κ2) is 9.03. The van der Waals surface area contributed by atoms with Crippen molar-refractivity contribution in [1.29, 1.82) is 0 Å². The molecule has 1 aromatic heterocycles. The van der Waals surface area contributed by atoms with Gasteiger partial charge in [0.2, 0.25) is 5.82 Å². The predicted molar refractivity (Wildman–Crippen MR) is 104 cm³/mol. The van der Waals surface area contributed by atoms with Crippen molar-refractivity contribution in [2.24, 2.45) is 7.05 Å². The Kier molecular flexibility index (Phi) is 6.64. The number of benzene rings is 2. The lowest BCUT2D eigenvalue weighted by Gasteiger charge is -2.20. The number of nitrogens with one attached hydrogen (secondary N) is 1. The van der Waals surface area contributed by atoms with Crippen molar-refractivity contribution in [2.45, 2.75) is 25.4 Å². The van der Waals surface area contributed by atoms with Gasteiger partial charge in [-0.3, -0.25) is 9.36 Å². The molecule has 3 aromatic rings. The van der Waals surface area contributed by atoms with Crippen LogP contribution in [0.5, 0.6) is 5.75 Å². The third kappa shape index (κ3) is 5.27. The maximum absolute atomic E-state index is 14.9. The number of carbonyl (C=O) groups is 1. The largest absolute Gasteiger partial charge is 0.480 e. The van der Waals surface area contributed by atoms with Gasteiger partial charge in [0.1, 0.15) is 23.1 Å². The van der Waals surface area contributed by atoms with Gasteiger partial charge in [-0.15, -0.1) is 5.10 Å². The lowest BCUT2D eigenvalue weighted by Crippen LogP contribution is -2.32. The van der Waals surface area contributed by atoms with Crippen LogP contribution >= 0.6 is 0 Å². The van der Waals surface area contributed by atoms with Gasteiger partial charge in [-0.1, -0.05) is 12.1 Å². The molecule has 7 nitrogen and oxygen atoms in total. The van der Waals surface area contributed by atoms with Crippen molar-refractivity contribution in [3.05, 3.63) is 69.9 Å². The van der Waals surface area contributed by atoms with Crippen molar-refractivity contribution in [3.8, 4) is 11.4 Å². The minimum Gasteiger partial charge on any atom is -0.480 e. The highest BCUT2D eigenvalue weighted by molar-refractivity contribution is 6.06. The minimum atomic E-state index is -5.11. The highest BCUT2D eigenvalue weighted by atomic mass is 19.4. The SMILES string of the molecule is C[C@H](Oc1cc(-n2nc(C(F)(F)F)n(C)c2=O)c(F)cc1C(=O)Nc1ccccc1F)C(F)(F)F. The molecule has 188 valence electrons. The summed E-state index contributed by atoms with van der Waals surface area (Å²) in [6.45, 7) is 0.552. The van der Waals surface area contributed by atoms with Crippen LogP contribution in [-0.2, 0) is 13.2 Å². The van der Waals surface area contributed by atoms with Crippen LogP contribution in [0.25, 0.3) is 5.69 Å². The van der Waals surface area contributed by atoms with Gasteiger partial charge in [0.15, 0.2) is 6.10 Å². The molecule has 2 aromatic carbocycles. The number of rotatable bonds is 5. The zero-order valence-corrected chi connectivity index (χ0v) is 17.6. The number of ether oxygens (including phenoxy) is 1. The Morgan fingerprint density at radius 1 is 1.06 bits per heavy atom. The Labute approximate surface area is 190 Å². The van der Waals surface area contributed by atoms with Gasteiger partial charge in [0.05, 0.1) is 11.3 Å². The summed E-state index contributed by atoms with van der Waals surface area (Å²) in [4.78, 5) is 24.9. The van der Waals surface area contributed by atoms with Crippen LogP contribution in [0.3, 0.4) is 0 Å². The summed E-state index contributed by atoms with van der Waals surface area (Å²) in [5.41, 5.74) is -3.75. The van der Waals surface area contributed by atoms with Crippen molar-refractivity contribution in [3.63, 3.8) is 0 Å². The molecule has 3 rings (SSSR count). The van der Waals surface area contributed by atoms with Crippen molar-refractivity contribution in [2.75, 3.05) is 5.32 Å².